The molecule has 2 rings (SSSR count). The monoisotopic (exact) mass is 184 g/mol. The van der Waals surface area contributed by atoms with Gasteiger partial charge in [-0.2, -0.15) is 0 Å². The minimum absolute atomic E-state index is 0.00627. The van der Waals surface area contributed by atoms with E-state index in [0.29, 0.717) is 6.10 Å². The van der Waals surface area contributed by atoms with Crippen molar-refractivity contribution < 1.29 is 4.74 Å². The van der Waals surface area contributed by atoms with Gasteiger partial charge in [0.2, 0.25) is 0 Å². The number of ether oxygens (including phenoxy) is 1. The molecule has 1 N–H and O–H groups in total. The third-order valence-corrected chi connectivity index (χ3v) is 3.18. The number of nitrogens with zero attached hydrogens (tertiary/aromatic N) is 1. The number of hydrogen-bond acceptors (Lipinski definition) is 3. The summed E-state index contributed by atoms with van der Waals surface area (Å²) >= 11 is 0. The second-order valence-corrected chi connectivity index (χ2v) is 4.35. The molecule has 0 radical (unpaired) electrons. The maximum atomic E-state index is 6.10. The Bertz CT molecular complexity index is 182. The summed E-state index contributed by atoms with van der Waals surface area (Å²) in [6.45, 7) is 5.53. The molecule has 3 heteroatoms. The Morgan fingerprint density at radius 1 is 1.62 bits per heavy atom. The van der Waals surface area contributed by atoms with E-state index in [4.69, 9.17) is 4.74 Å². The third-order valence-electron chi connectivity index (χ3n) is 3.18. The van der Waals surface area contributed by atoms with Gasteiger partial charge in [0, 0.05) is 26.1 Å². The van der Waals surface area contributed by atoms with Gasteiger partial charge in [0.05, 0.1) is 6.10 Å². The molecule has 0 bridgehead atoms. The topological polar surface area (TPSA) is 24.5 Å². The number of hydrogen-bond donors (Lipinski definition) is 1. The molecule has 2 saturated heterocycles. The molecule has 2 fully saturated rings. The van der Waals surface area contributed by atoms with Crippen LogP contribution in [-0.2, 0) is 4.74 Å². The van der Waals surface area contributed by atoms with Crippen LogP contribution in [0.1, 0.15) is 26.2 Å². The Kier molecular flexibility index (Phi) is 2.58. The van der Waals surface area contributed by atoms with Crippen LogP contribution in [0.25, 0.3) is 0 Å². The second-order valence-electron chi connectivity index (χ2n) is 4.35. The largest absolute Gasteiger partial charge is 0.356 e. The fourth-order valence-electron chi connectivity index (χ4n) is 2.37. The lowest BCUT2D eigenvalue weighted by Gasteiger charge is -2.39. The van der Waals surface area contributed by atoms with Crippen molar-refractivity contribution in [2.75, 3.05) is 26.7 Å². The molecule has 2 aliphatic rings. The summed E-state index contributed by atoms with van der Waals surface area (Å²) in [6, 6.07) is 0. The van der Waals surface area contributed by atoms with Crippen molar-refractivity contribution in [1.29, 1.82) is 0 Å². The predicted octanol–water partition coefficient (Wildman–Crippen LogP) is 0.807. The fourth-order valence-corrected chi connectivity index (χ4v) is 2.37. The highest BCUT2D eigenvalue weighted by Crippen LogP contribution is 2.27. The van der Waals surface area contributed by atoms with E-state index in [1.807, 2.05) is 0 Å². The molecule has 0 aromatic carbocycles. The highest BCUT2D eigenvalue weighted by atomic mass is 16.5. The van der Waals surface area contributed by atoms with Crippen molar-refractivity contribution in [1.82, 2.24) is 10.2 Å². The molecule has 76 valence electrons. The van der Waals surface area contributed by atoms with Crippen LogP contribution in [0.5, 0.6) is 0 Å². The lowest BCUT2D eigenvalue weighted by atomic mass is 10.1. The van der Waals surface area contributed by atoms with Gasteiger partial charge in [-0.05, 0) is 19.9 Å². The average Bonchev–Trinajstić information content (AvgIpc) is 2.47. The van der Waals surface area contributed by atoms with Gasteiger partial charge in [-0.3, -0.25) is 5.32 Å². The molecule has 0 aromatic rings. The van der Waals surface area contributed by atoms with E-state index in [1.165, 1.54) is 6.42 Å². The van der Waals surface area contributed by atoms with Gasteiger partial charge in [-0.25, -0.2) is 0 Å². The Balaban J connectivity index is 1.98. The van der Waals surface area contributed by atoms with Crippen LogP contribution in [0, 0.1) is 0 Å². The predicted molar refractivity (Wildman–Crippen MR) is 52.6 cm³/mol. The summed E-state index contributed by atoms with van der Waals surface area (Å²) in [5.41, 5.74) is -0.00627. The van der Waals surface area contributed by atoms with E-state index in [2.05, 4.69) is 24.2 Å². The number of likely N-dealkylation sites (N-methyl/N-ethyl adjacent to an activating group) is 1. The van der Waals surface area contributed by atoms with Crippen LogP contribution in [0.15, 0.2) is 0 Å². The fraction of sp³-hybridized carbons (Fsp3) is 1.00. The SMILES string of the molecule is CCC1CCNC2(CCN(C)C2)O1. The molecular weight excluding hydrogens is 164 g/mol. The van der Waals surface area contributed by atoms with E-state index in [0.717, 1.165) is 32.5 Å². The summed E-state index contributed by atoms with van der Waals surface area (Å²) in [4.78, 5) is 2.34. The van der Waals surface area contributed by atoms with Gasteiger partial charge in [-0.1, -0.05) is 6.92 Å². The Hall–Kier alpha value is -0.120. The molecule has 2 unspecified atom stereocenters. The molecule has 2 heterocycles. The average molecular weight is 184 g/mol. The summed E-state index contributed by atoms with van der Waals surface area (Å²) in [6.07, 6.45) is 3.93. The Morgan fingerprint density at radius 2 is 2.46 bits per heavy atom. The van der Waals surface area contributed by atoms with Gasteiger partial charge in [0.25, 0.3) is 0 Å². The first-order chi connectivity index (χ1) is 6.24. The molecular formula is C10H20N2O. The zero-order valence-corrected chi connectivity index (χ0v) is 8.68. The molecule has 13 heavy (non-hydrogen) atoms. The molecule has 3 nitrogen and oxygen atoms in total. The van der Waals surface area contributed by atoms with E-state index in [9.17, 15) is 0 Å². The first kappa shape index (κ1) is 9.44. The highest BCUT2D eigenvalue weighted by Gasteiger charge is 2.41. The zero-order chi connectivity index (χ0) is 9.31. The summed E-state index contributed by atoms with van der Waals surface area (Å²) < 4.78 is 6.10. The number of nitrogens with one attached hydrogen (secondary N) is 1. The van der Waals surface area contributed by atoms with Gasteiger partial charge in [0.1, 0.15) is 5.72 Å². The van der Waals surface area contributed by atoms with E-state index in [1.54, 1.807) is 0 Å². The van der Waals surface area contributed by atoms with Crippen LogP contribution in [0.4, 0.5) is 0 Å². The second kappa shape index (κ2) is 3.56. The lowest BCUT2D eigenvalue weighted by molar-refractivity contribution is -0.134. The van der Waals surface area contributed by atoms with Gasteiger partial charge in [-0.15, -0.1) is 0 Å². The molecule has 1 spiro atoms. The summed E-state index contributed by atoms with van der Waals surface area (Å²) in [5, 5.41) is 3.53. The quantitative estimate of drug-likeness (QED) is 0.652. The lowest BCUT2D eigenvalue weighted by Crippen LogP contribution is -2.56. The first-order valence-electron chi connectivity index (χ1n) is 5.35. The molecule has 2 atom stereocenters. The van der Waals surface area contributed by atoms with E-state index >= 15 is 0 Å². The molecule has 2 aliphatic heterocycles. The van der Waals surface area contributed by atoms with Crippen molar-refractivity contribution in [3.05, 3.63) is 0 Å². The summed E-state index contributed by atoms with van der Waals surface area (Å²) in [5.74, 6) is 0. The standard InChI is InChI=1S/C10H20N2O/c1-3-9-4-6-11-10(13-9)5-7-12(2)8-10/h9,11H,3-8H2,1-2H3. The van der Waals surface area contributed by atoms with E-state index in [-0.39, 0.29) is 5.72 Å². The van der Waals surface area contributed by atoms with Crippen molar-refractivity contribution in [2.45, 2.75) is 38.0 Å². The highest BCUT2D eigenvalue weighted by molar-refractivity contribution is 4.92. The van der Waals surface area contributed by atoms with Crippen molar-refractivity contribution in [3.63, 3.8) is 0 Å². The molecule has 0 aliphatic carbocycles. The molecule has 0 saturated carbocycles. The van der Waals surface area contributed by atoms with Crippen LogP contribution in [0.2, 0.25) is 0 Å². The Labute approximate surface area is 80.4 Å². The minimum Gasteiger partial charge on any atom is -0.356 e. The van der Waals surface area contributed by atoms with Crippen LogP contribution < -0.4 is 5.32 Å². The Morgan fingerprint density at radius 3 is 3.08 bits per heavy atom. The zero-order valence-electron chi connectivity index (χ0n) is 8.68. The van der Waals surface area contributed by atoms with Crippen molar-refractivity contribution in [3.8, 4) is 0 Å². The van der Waals surface area contributed by atoms with Crippen LogP contribution >= 0.6 is 0 Å². The normalized spacial score (nSPS) is 41.5. The maximum absolute atomic E-state index is 6.10. The van der Waals surface area contributed by atoms with Crippen molar-refractivity contribution in [2.24, 2.45) is 0 Å². The van der Waals surface area contributed by atoms with E-state index < -0.39 is 0 Å². The maximum Gasteiger partial charge on any atom is 0.133 e. The number of rotatable bonds is 1. The minimum atomic E-state index is -0.00627. The molecule has 0 aromatic heterocycles. The van der Waals surface area contributed by atoms with Crippen LogP contribution in [-0.4, -0.2) is 43.4 Å². The van der Waals surface area contributed by atoms with Crippen LogP contribution in [0.3, 0.4) is 0 Å². The van der Waals surface area contributed by atoms with Crippen molar-refractivity contribution >= 4 is 0 Å². The van der Waals surface area contributed by atoms with Gasteiger partial charge in [0.15, 0.2) is 0 Å². The summed E-state index contributed by atoms with van der Waals surface area (Å²) in [7, 11) is 2.16. The first-order valence-corrected chi connectivity index (χ1v) is 5.35. The third kappa shape index (κ3) is 1.87. The molecule has 0 amide bonds. The van der Waals surface area contributed by atoms with Gasteiger partial charge >= 0.3 is 0 Å². The van der Waals surface area contributed by atoms with Gasteiger partial charge < -0.3 is 9.64 Å². The number of likely N-dealkylation sites (tertiary alicyclic amines) is 1. The smallest absolute Gasteiger partial charge is 0.133 e.